The molecule has 5 heteroatoms. The Balaban J connectivity index is 2.58. The van der Waals surface area contributed by atoms with E-state index in [1.54, 1.807) is 14.2 Å². The summed E-state index contributed by atoms with van der Waals surface area (Å²) in [7, 11) is 3.27. The first kappa shape index (κ1) is 15.3. The number of ether oxygens (including phenoxy) is 2. The fourth-order valence-electron chi connectivity index (χ4n) is 1.76. The van der Waals surface area contributed by atoms with Crippen LogP contribution in [0.25, 0.3) is 0 Å². The number of unbranched alkanes of at least 4 members (excludes halogenated alkanes) is 1. The Bertz CT molecular complexity index is 371. The first-order valence-electron chi connectivity index (χ1n) is 6.05. The van der Waals surface area contributed by atoms with E-state index in [-0.39, 0.29) is 6.61 Å². The Kier molecular flexibility index (Phi) is 7.08. The lowest BCUT2D eigenvalue weighted by atomic mass is 10.2. The molecular formula is C13H21BrNO3+. The largest absolute Gasteiger partial charge is 0.493 e. The Labute approximate surface area is 116 Å². The van der Waals surface area contributed by atoms with Crippen molar-refractivity contribution in [3.63, 3.8) is 0 Å². The van der Waals surface area contributed by atoms with Crippen molar-refractivity contribution in [3.8, 4) is 11.5 Å². The first-order chi connectivity index (χ1) is 8.72. The second kappa shape index (κ2) is 8.34. The van der Waals surface area contributed by atoms with E-state index in [0.29, 0.717) is 0 Å². The Morgan fingerprint density at radius 1 is 1.22 bits per heavy atom. The zero-order valence-corrected chi connectivity index (χ0v) is 12.5. The minimum absolute atomic E-state index is 0.274. The predicted octanol–water partition coefficient (Wildman–Crippen LogP) is 1.30. The van der Waals surface area contributed by atoms with Crippen LogP contribution in [-0.4, -0.2) is 32.5 Å². The predicted molar refractivity (Wildman–Crippen MR) is 74.1 cm³/mol. The van der Waals surface area contributed by atoms with Crippen molar-refractivity contribution < 1.29 is 19.9 Å². The number of hydrogen-bond acceptors (Lipinski definition) is 3. The summed E-state index contributed by atoms with van der Waals surface area (Å²) < 4.78 is 11.5. The molecule has 0 aliphatic carbocycles. The van der Waals surface area contributed by atoms with Crippen molar-refractivity contribution in [1.29, 1.82) is 0 Å². The van der Waals surface area contributed by atoms with E-state index in [2.05, 4.69) is 21.2 Å². The second-order valence-corrected chi connectivity index (χ2v) is 4.88. The highest BCUT2D eigenvalue weighted by atomic mass is 79.9. The number of hydrogen-bond donors (Lipinski definition) is 2. The molecule has 0 spiro atoms. The molecule has 18 heavy (non-hydrogen) atoms. The number of quaternary nitrogens is 1. The fourth-order valence-corrected chi connectivity index (χ4v) is 2.41. The highest BCUT2D eigenvalue weighted by molar-refractivity contribution is 9.10. The minimum atomic E-state index is 0.274. The molecule has 3 N–H and O–H groups in total. The monoisotopic (exact) mass is 318 g/mol. The molecule has 0 saturated heterocycles. The molecule has 102 valence electrons. The van der Waals surface area contributed by atoms with Gasteiger partial charge < -0.3 is 19.9 Å². The molecule has 0 unspecified atom stereocenters. The van der Waals surface area contributed by atoms with Gasteiger partial charge in [0.25, 0.3) is 0 Å². The molecule has 0 radical (unpaired) electrons. The van der Waals surface area contributed by atoms with Crippen molar-refractivity contribution in [2.45, 2.75) is 19.4 Å². The van der Waals surface area contributed by atoms with Gasteiger partial charge >= 0.3 is 0 Å². The third-order valence-electron chi connectivity index (χ3n) is 2.69. The van der Waals surface area contributed by atoms with Crippen molar-refractivity contribution >= 4 is 15.9 Å². The van der Waals surface area contributed by atoms with Crippen LogP contribution in [0.5, 0.6) is 11.5 Å². The highest BCUT2D eigenvalue weighted by Gasteiger charge is 2.10. The molecular weight excluding hydrogens is 298 g/mol. The molecule has 0 aromatic heterocycles. The summed E-state index contributed by atoms with van der Waals surface area (Å²) in [5.41, 5.74) is 1.18. The number of halogens is 1. The van der Waals surface area contributed by atoms with Crippen molar-refractivity contribution in [1.82, 2.24) is 0 Å². The minimum Gasteiger partial charge on any atom is -0.493 e. The Morgan fingerprint density at radius 2 is 2.00 bits per heavy atom. The quantitative estimate of drug-likeness (QED) is 0.710. The third kappa shape index (κ3) is 4.48. The van der Waals surface area contributed by atoms with Crippen LogP contribution in [0.2, 0.25) is 0 Å². The summed E-state index contributed by atoms with van der Waals surface area (Å²) in [6.45, 7) is 2.19. The zero-order chi connectivity index (χ0) is 13.4. The maximum Gasteiger partial charge on any atom is 0.174 e. The van der Waals surface area contributed by atoms with Crippen LogP contribution in [0.4, 0.5) is 0 Å². The van der Waals surface area contributed by atoms with Crippen LogP contribution in [0, 0.1) is 0 Å². The van der Waals surface area contributed by atoms with E-state index in [4.69, 9.17) is 14.6 Å². The van der Waals surface area contributed by atoms with E-state index in [9.17, 15) is 0 Å². The molecule has 0 fully saturated rings. The first-order valence-corrected chi connectivity index (χ1v) is 6.85. The lowest BCUT2D eigenvalue weighted by Gasteiger charge is -2.11. The van der Waals surface area contributed by atoms with Gasteiger partial charge in [-0.1, -0.05) is 0 Å². The molecule has 0 bridgehead atoms. The van der Waals surface area contributed by atoms with Crippen LogP contribution in [0.15, 0.2) is 16.6 Å². The summed E-state index contributed by atoms with van der Waals surface area (Å²) in [5, 5.41) is 10.9. The summed E-state index contributed by atoms with van der Waals surface area (Å²) in [4.78, 5) is 0. The van der Waals surface area contributed by atoms with E-state index in [0.717, 1.165) is 41.9 Å². The van der Waals surface area contributed by atoms with E-state index >= 15 is 0 Å². The lowest BCUT2D eigenvalue weighted by molar-refractivity contribution is -0.671. The van der Waals surface area contributed by atoms with E-state index in [1.165, 1.54) is 5.56 Å². The summed E-state index contributed by atoms with van der Waals surface area (Å²) in [6.07, 6.45) is 1.90. The Morgan fingerprint density at radius 3 is 2.61 bits per heavy atom. The molecule has 1 aromatic carbocycles. The summed E-state index contributed by atoms with van der Waals surface area (Å²) in [5.74, 6) is 1.46. The van der Waals surface area contributed by atoms with Gasteiger partial charge in [-0.3, -0.25) is 0 Å². The van der Waals surface area contributed by atoms with Gasteiger partial charge in [-0.25, -0.2) is 0 Å². The number of methoxy groups -OCH3 is 2. The van der Waals surface area contributed by atoms with Crippen molar-refractivity contribution in [2.75, 3.05) is 27.4 Å². The second-order valence-electron chi connectivity index (χ2n) is 4.03. The maximum atomic E-state index is 8.69. The Hall–Kier alpha value is -0.780. The van der Waals surface area contributed by atoms with Crippen LogP contribution in [0.3, 0.4) is 0 Å². The fraction of sp³-hybridized carbons (Fsp3) is 0.538. The van der Waals surface area contributed by atoms with Gasteiger partial charge in [0.15, 0.2) is 11.5 Å². The number of nitrogens with two attached hydrogens (primary N) is 1. The number of aliphatic hydroxyl groups excluding tert-OH is 1. The van der Waals surface area contributed by atoms with Gasteiger partial charge in [-0.15, -0.1) is 0 Å². The maximum absolute atomic E-state index is 8.69. The molecule has 0 aliphatic heterocycles. The number of rotatable bonds is 8. The van der Waals surface area contributed by atoms with Crippen LogP contribution in [-0.2, 0) is 6.54 Å². The van der Waals surface area contributed by atoms with Gasteiger partial charge in [0, 0.05) is 12.2 Å². The van der Waals surface area contributed by atoms with Crippen molar-refractivity contribution in [3.05, 3.63) is 22.2 Å². The molecule has 0 saturated carbocycles. The SMILES string of the molecule is COc1cc(C[NH2+]CCCCO)cc(Br)c1OC. The average molecular weight is 319 g/mol. The molecule has 0 aliphatic rings. The summed E-state index contributed by atoms with van der Waals surface area (Å²) >= 11 is 3.48. The topological polar surface area (TPSA) is 55.3 Å². The molecule has 1 rings (SSSR count). The van der Waals surface area contributed by atoms with Gasteiger partial charge in [-0.05, 0) is 40.9 Å². The van der Waals surface area contributed by atoms with Gasteiger partial charge in [0.2, 0.25) is 0 Å². The molecule has 4 nitrogen and oxygen atoms in total. The highest BCUT2D eigenvalue weighted by Crippen LogP contribution is 2.35. The van der Waals surface area contributed by atoms with E-state index in [1.807, 2.05) is 12.1 Å². The summed E-state index contributed by atoms with van der Waals surface area (Å²) in [6, 6.07) is 4.04. The standard InChI is InChI=1S/C13H20BrNO3/c1-17-12-8-10(7-11(14)13(12)18-2)9-15-5-3-4-6-16/h7-8,15-16H,3-6,9H2,1-2H3/p+1. The number of aliphatic hydroxyl groups is 1. The smallest absolute Gasteiger partial charge is 0.174 e. The van der Waals surface area contributed by atoms with Crippen LogP contribution < -0.4 is 14.8 Å². The van der Waals surface area contributed by atoms with Gasteiger partial charge in [0.05, 0.1) is 25.2 Å². The van der Waals surface area contributed by atoms with Crippen LogP contribution in [0.1, 0.15) is 18.4 Å². The lowest BCUT2D eigenvalue weighted by Crippen LogP contribution is -2.82. The number of benzene rings is 1. The average Bonchev–Trinajstić information content (AvgIpc) is 2.37. The molecule has 1 aromatic rings. The van der Waals surface area contributed by atoms with Crippen LogP contribution >= 0.6 is 15.9 Å². The van der Waals surface area contributed by atoms with Crippen molar-refractivity contribution in [2.24, 2.45) is 0 Å². The van der Waals surface area contributed by atoms with E-state index < -0.39 is 0 Å². The van der Waals surface area contributed by atoms with Gasteiger partial charge in [0.1, 0.15) is 6.54 Å². The molecule has 0 atom stereocenters. The molecule has 0 amide bonds. The normalized spacial score (nSPS) is 10.4. The zero-order valence-electron chi connectivity index (χ0n) is 10.9. The molecule has 0 heterocycles. The van der Waals surface area contributed by atoms with Gasteiger partial charge in [-0.2, -0.15) is 0 Å². The third-order valence-corrected chi connectivity index (χ3v) is 3.28.